The summed E-state index contributed by atoms with van der Waals surface area (Å²) in [7, 11) is 0. The molecule has 7 nitrogen and oxygen atoms in total. The van der Waals surface area contributed by atoms with Crippen LogP contribution in [0.1, 0.15) is 88.2 Å². The zero-order valence-electron chi connectivity index (χ0n) is 18.1. The number of carboxylic acids is 1. The maximum absolute atomic E-state index is 11.2. The monoisotopic (exact) mass is 434 g/mol. The molecule has 2 aliphatic rings. The highest BCUT2D eigenvalue weighted by Gasteiger charge is 2.49. The van der Waals surface area contributed by atoms with Gasteiger partial charge in [-0.25, -0.2) is 0 Å². The molecule has 0 bridgehead atoms. The van der Waals surface area contributed by atoms with E-state index in [2.05, 4.69) is 0 Å². The first-order chi connectivity index (χ1) is 14.8. The summed E-state index contributed by atoms with van der Waals surface area (Å²) in [5.74, 6) is -1.67. The van der Waals surface area contributed by atoms with Crippen molar-refractivity contribution in [2.75, 3.05) is 0 Å². The van der Waals surface area contributed by atoms with Crippen molar-refractivity contribution in [3.05, 3.63) is 17.2 Å². The Kier molecular flexibility index (Phi) is 7.34. The van der Waals surface area contributed by atoms with Crippen molar-refractivity contribution < 1.29 is 34.8 Å². The summed E-state index contributed by atoms with van der Waals surface area (Å²) in [5.41, 5.74) is 0.491. The Morgan fingerprint density at radius 3 is 1.90 bits per heavy atom. The van der Waals surface area contributed by atoms with Crippen LogP contribution in [-0.4, -0.2) is 38.5 Å². The van der Waals surface area contributed by atoms with Gasteiger partial charge < -0.3 is 25.2 Å². The predicted octanol–water partition coefficient (Wildman–Crippen LogP) is 4.58. The predicted molar refractivity (Wildman–Crippen MR) is 114 cm³/mol. The first-order valence-electron chi connectivity index (χ1n) is 11.4. The third-order valence-electron chi connectivity index (χ3n) is 7.00. The van der Waals surface area contributed by atoms with Gasteiger partial charge in [0.05, 0.1) is 5.41 Å². The van der Waals surface area contributed by atoms with E-state index in [9.17, 15) is 30.0 Å². The highest BCUT2D eigenvalue weighted by Crippen LogP contribution is 2.50. The Balaban J connectivity index is 1.43. The van der Waals surface area contributed by atoms with Gasteiger partial charge in [-0.15, -0.1) is 0 Å². The van der Waals surface area contributed by atoms with Gasteiger partial charge in [0.2, 0.25) is 5.75 Å². The number of aryl methyl sites for hydroxylation is 2. The number of hydrogen-bond donors (Lipinski definition) is 4. The van der Waals surface area contributed by atoms with Crippen molar-refractivity contribution in [1.82, 2.24) is 0 Å². The lowest BCUT2D eigenvalue weighted by molar-refractivity contribution is -0.143. The van der Waals surface area contributed by atoms with Crippen molar-refractivity contribution in [3.63, 3.8) is 0 Å². The van der Waals surface area contributed by atoms with Crippen LogP contribution in [0.3, 0.4) is 0 Å². The Morgan fingerprint density at radius 1 is 0.839 bits per heavy atom. The second kappa shape index (κ2) is 9.79. The van der Waals surface area contributed by atoms with E-state index in [-0.39, 0.29) is 17.1 Å². The average molecular weight is 435 g/mol. The van der Waals surface area contributed by atoms with Gasteiger partial charge in [0.15, 0.2) is 11.5 Å². The van der Waals surface area contributed by atoms with Crippen LogP contribution in [0.15, 0.2) is 6.07 Å². The number of unbranched alkanes of at least 4 members (excludes halogenated alkanes) is 4. The largest absolute Gasteiger partial charge is 0.504 e. The maximum Gasteiger partial charge on any atom is 0.309 e. The molecule has 0 amide bonds. The van der Waals surface area contributed by atoms with E-state index in [1.807, 2.05) is 0 Å². The maximum atomic E-state index is 11.2. The van der Waals surface area contributed by atoms with Gasteiger partial charge in [0.25, 0.3) is 6.47 Å². The standard InChI is InChI=1S/C24H34O7/c25-16-31-24(13-14-24)10-6-4-8-18-15-17(19(26)21(28)20(18)27)7-3-1-2-5-9-23(11-12-23)22(29)30/h15-16,26-28H,1-14H2,(H,29,30). The first kappa shape index (κ1) is 23.2. The molecule has 2 aliphatic carbocycles. The number of rotatable bonds is 15. The number of aromatic hydroxyl groups is 3. The van der Waals surface area contributed by atoms with Crippen LogP contribution in [0, 0.1) is 5.41 Å². The molecule has 3 rings (SSSR count). The summed E-state index contributed by atoms with van der Waals surface area (Å²) in [6.45, 7) is 0.513. The molecule has 4 N–H and O–H groups in total. The van der Waals surface area contributed by atoms with Gasteiger partial charge >= 0.3 is 5.97 Å². The number of carbonyl (C=O) groups excluding carboxylic acids is 1. The number of hydrogen-bond acceptors (Lipinski definition) is 6. The van der Waals surface area contributed by atoms with Gasteiger partial charge in [0.1, 0.15) is 5.60 Å². The number of phenolic OH excluding ortho intramolecular Hbond substituents is 3. The highest BCUT2D eigenvalue weighted by atomic mass is 16.5. The molecule has 1 aromatic carbocycles. The molecule has 1 aromatic rings. The molecule has 0 unspecified atom stereocenters. The molecule has 2 fully saturated rings. The molecular weight excluding hydrogens is 400 g/mol. The Bertz CT molecular complexity index is 794. The first-order valence-corrected chi connectivity index (χ1v) is 11.4. The van der Waals surface area contributed by atoms with Crippen molar-refractivity contribution >= 4 is 12.4 Å². The lowest BCUT2D eigenvalue weighted by Gasteiger charge is -2.14. The van der Waals surface area contributed by atoms with Gasteiger partial charge in [-0.2, -0.15) is 0 Å². The average Bonchev–Trinajstić information content (AvgIpc) is 3.66. The number of phenols is 3. The van der Waals surface area contributed by atoms with Gasteiger partial charge in [-0.3, -0.25) is 9.59 Å². The van der Waals surface area contributed by atoms with Crippen LogP contribution < -0.4 is 0 Å². The highest BCUT2D eigenvalue weighted by molar-refractivity contribution is 5.77. The van der Waals surface area contributed by atoms with E-state index in [1.54, 1.807) is 6.07 Å². The van der Waals surface area contributed by atoms with E-state index in [0.717, 1.165) is 77.0 Å². The van der Waals surface area contributed by atoms with Crippen LogP contribution in [-0.2, 0) is 27.2 Å². The zero-order valence-corrected chi connectivity index (χ0v) is 18.1. The fourth-order valence-electron chi connectivity index (χ4n) is 4.43. The molecule has 0 spiro atoms. The van der Waals surface area contributed by atoms with Crippen molar-refractivity contribution in [2.45, 2.75) is 95.5 Å². The summed E-state index contributed by atoms with van der Waals surface area (Å²) in [6, 6.07) is 1.77. The number of aliphatic carboxylic acids is 1. The quantitative estimate of drug-likeness (QED) is 0.181. The van der Waals surface area contributed by atoms with E-state index in [1.165, 1.54) is 0 Å². The number of benzene rings is 1. The summed E-state index contributed by atoms with van der Waals surface area (Å²) in [5, 5.41) is 39.7. The molecule has 2 saturated carbocycles. The third-order valence-corrected chi connectivity index (χ3v) is 7.00. The van der Waals surface area contributed by atoms with Crippen LogP contribution >= 0.6 is 0 Å². The minimum atomic E-state index is -0.673. The van der Waals surface area contributed by atoms with E-state index in [0.29, 0.717) is 30.4 Å². The normalized spacial score (nSPS) is 17.8. The fourth-order valence-corrected chi connectivity index (χ4v) is 4.43. The molecule has 0 aliphatic heterocycles. The number of ether oxygens (including phenoxy) is 1. The van der Waals surface area contributed by atoms with Crippen LogP contribution in [0.2, 0.25) is 0 Å². The summed E-state index contributed by atoms with van der Waals surface area (Å²) >= 11 is 0. The number of carboxylic acid groups (broad SMARTS) is 1. The van der Waals surface area contributed by atoms with Crippen molar-refractivity contribution in [2.24, 2.45) is 5.41 Å². The molecule has 0 radical (unpaired) electrons. The smallest absolute Gasteiger partial charge is 0.309 e. The minimum Gasteiger partial charge on any atom is -0.504 e. The minimum absolute atomic E-state index is 0.264. The SMILES string of the molecule is O=COC1(CCCCc2cc(CCCCCCC3(C(=O)O)CC3)c(O)c(O)c2O)CC1. The lowest BCUT2D eigenvalue weighted by Crippen LogP contribution is -2.14. The van der Waals surface area contributed by atoms with E-state index >= 15 is 0 Å². The molecular formula is C24H34O7. The van der Waals surface area contributed by atoms with E-state index < -0.39 is 17.1 Å². The topological polar surface area (TPSA) is 124 Å². The third kappa shape index (κ3) is 5.83. The summed E-state index contributed by atoms with van der Waals surface area (Å²) in [4.78, 5) is 21.8. The fraction of sp³-hybridized carbons (Fsp3) is 0.667. The molecule has 0 heterocycles. The van der Waals surface area contributed by atoms with Gasteiger partial charge in [-0.1, -0.05) is 19.3 Å². The van der Waals surface area contributed by atoms with Crippen molar-refractivity contribution in [1.29, 1.82) is 0 Å². The Morgan fingerprint density at radius 2 is 1.39 bits per heavy atom. The van der Waals surface area contributed by atoms with E-state index in [4.69, 9.17) is 4.74 Å². The zero-order chi connectivity index (χ0) is 22.5. The van der Waals surface area contributed by atoms with Crippen LogP contribution in [0.25, 0.3) is 0 Å². The Labute approximate surface area is 183 Å². The molecule has 31 heavy (non-hydrogen) atoms. The second-order valence-corrected chi connectivity index (χ2v) is 9.34. The second-order valence-electron chi connectivity index (χ2n) is 9.34. The molecule has 0 aromatic heterocycles. The Hall–Kier alpha value is -2.44. The van der Waals surface area contributed by atoms with Gasteiger partial charge in [-0.05, 0) is 87.8 Å². The lowest BCUT2D eigenvalue weighted by atomic mass is 9.96. The van der Waals surface area contributed by atoms with Gasteiger partial charge in [0, 0.05) is 0 Å². The molecule has 0 atom stereocenters. The summed E-state index contributed by atoms with van der Waals surface area (Å²) in [6.07, 6.45) is 11.3. The molecule has 7 heteroatoms. The van der Waals surface area contributed by atoms with Crippen LogP contribution in [0.5, 0.6) is 17.2 Å². The van der Waals surface area contributed by atoms with Crippen LogP contribution in [0.4, 0.5) is 0 Å². The molecule has 0 saturated heterocycles. The van der Waals surface area contributed by atoms with Crippen molar-refractivity contribution in [3.8, 4) is 17.2 Å². The molecule has 172 valence electrons. The number of carbonyl (C=O) groups is 2. The summed E-state index contributed by atoms with van der Waals surface area (Å²) < 4.78 is 5.14.